The summed E-state index contributed by atoms with van der Waals surface area (Å²) in [6.07, 6.45) is 0.989. The third-order valence-corrected chi connectivity index (χ3v) is 3.11. The highest BCUT2D eigenvalue weighted by Gasteiger charge is 2.29. The summed E-state index contributed by atoms with van der Waals surface area (Å²) in [5.41, 5.74) is 6.79. The van der Waals surface area contributed by atoms with Crippen molar-refractivity contribution in [3.63, 3.8) is 0 Å². The van der Waals surface area contributed by atoms with Gasteiger partial charge in [-0.25, -0.2) is 4.39 Å². The summed E-state index contributed by atoms with van der Waals surface area (Å²) < 4.78 is 18.4. The number of nitrogens with one attached hydrogen (secondary N) is 1. The van der Waals surface area contributed by atoms with Gasteiger partial charge in [0, 0.05) is 12.2 Å². The first-order chi connectivity index (χ1) is 8.60. The molecule has 106 valence electrons. The van der Waals surface area contributed by atoms with E-state index < -0.39 is 6.10 Å². The van der Waals surface area contributed by atoms with Crippen molar-refractivity contribution in [1.29, 1.82) is 0 Å². The molecule has 1 amide bonds. The number of ether oxygens (including phenoxy) is 1. The molecule has 0 aliphatic carbocycles. The quantitative estimate of drug-likeness (QED) is 0.894. The van der Waals surface area contributed by atoms with Crippen LogP contribution >= 0.6 is 12.4 Å². The maximum atomic E-state index is 12.9. The maximum absolute atomic E-state index is 12.9. The van der Waals surface area contributed by atoms with E-state index in [0.29, 0.717) is 24.2 Å². The summed E-state index contributed by atoms with van der Waals surface area (Å²) in [4.78, 5) is 11.9. The van der Waals surface area contributed by atoms with Crippen LogP contribution in [-0.2, 0) is 9.53 Å². The Morgan fingerprint density at radius 3 is 2.84 bits per heavy atom. The van der Waals surface area contributed by atoms with Crippen molar-refractivity contribution >= 4 is 24.0 Å². The Bertz CT molecular complexity index is 456. The largest absolute Gasteiger partial charge is 0.364 e. The van der Waals surface area contributed by atoms with E-state index in [1.54, 1.807) is 13.0 Å². The van der Waals surface area contributed by atoms with Gasteiger partial charge in [-0.2, -0.15) is 0 Å². The Morgan fingerprint density at radius 1 is 1.53 bits per heavy atom. The Morgan fingerprint density at radius 2 is 2.26 bits per heavy atom. The number of rotatable bonds is 3. The monoisotopic (exact) mass is 288 g/mol. The zero-order chi connectivity index (χ0) is 13.1. The van der Waals surface area contributed by atoms with Crippen LogP contribution in [0.15, 0.2) is 18.2 Å². The number of aryl methyl sites for hydroxylation is 1. The van der Waals surface area contributed by atoms with Crippen LogP contribution in [-0.4, -0.2) is 24.7 Å². The molecule has 1 aliphatic heterocycles. The van der Waals surface area contributed by atoms with Gasteiger partial charge in [0.05, 0.1) is 6.10 Å². The van der Waals surface area contributed by atoms with Crippen LogP contribution in [0.2, 0.25) is 0 Å². The fourth-order valence-corrected chi connectivity index (χ4v) is 2.05. The highest BCUT2D eigenvalue weighted by atomic mass is 35.5. The lowest BCUT2D eigenvalue weighted by Gasteiger charge is -2.14. The molecule has 1 aromatic carbocycles. The number of hydrogen-bond donors (Lipinski definition) is 2. The van der Waals surface area contributed by atoms with Gasteiger partial charge in [-0.15, -0.1) is 12.4 Å². The first-order valence-electron chi connectivity index (χ1n) is 6.02. The molecule has 1 fully saturated rings. The molecule has 2 atom stereocenters. The minimum Gasteiger partial charge on any atom is -0.364 e. The van der Waals surface area contributed by atoms with Gasteiger partial charge in [-0.3, -0.25) is 4.79 Å². The van der Waals surface area contributed by atoms with Crippen LogP contribution < -0.4 is 11.1 Å². The third kappa shape index (κ3) is 3.89. The number of halogens is 2. The molecule has 4 nitrogen and oxygen atoms in total. The molecule has 19 heavy (non-hydrogen) atoms. The average Bonchev–Trinajstić information content (AvgIpc) is 2.81. The minimum absolute atomic E-state index is 0. The fourth-order valence-electron chi connectivity index (χ4n) is 2.05. The molecule has 1 heterocycles. The van der Waals surface area contributed by atoms with E-state index in [9.17, 15) is 9.18 Å². The number of carbonyl (C=O) groups is 1. The van der Waals surface area contributed by atoms with Gasteiger partial charge in [0.2, 0.25) is 0 Å². The highest BCUT2D eigenvalue weighted by Crippen LogP contribution is 2.22. The van der Waals surface area contributed by atoms with E-state index >= 15 is 0 Å². The second kappa shape index (κ2) is 6.84. The van der Waals surface area contributed by atoms with Crippen molar-refractivity contribution < 1.29 is 13.9 Å². The molecule has 1 aliphatic rings. The Kier molecular flexibility index (Phi) is 5.72. The topological polar surface area (TPSA) is 64.4 Å². The van der Waals surface area contributed by atoms with E-state index in [1.165, 1.54) is 12.1 Å². The maximum Gasteiger partial charge on any atom is 0.253 e. The standard InChI is InChI=1S/C13H17FN2O2.ClH/c1-8-6-9(14)2-4-11(8)16-13(17)12-5-3-10(7-15)18-12;/h2,4,6,10,12H,3,5,7,15H2,1H3,(H,16,17);1H/t10-,12+;/m1./s1. The molecule has 0 aromatic heterocycles. The molecule has 0 saturated carbocycles. The van der Waals surface area contributed by atoms with Crippen molar-refractivity contribution in [1.82, 2.24) is 0 Å². The van der Waals surface area contributed by atoms with Gasteiger partial charge in [0.15, 0.2) is 0 Å². The zero-order valence-corrected chi connectivity index (χ0v) is 11.5. The van der Waals surface area contributed by atoms with E-state index in [4.69, 9.17) is 10.5 Å². The van der Waals surface area contributed by atoms with Gasteiger partial charge in [0.25, 0.3) is 5.91 Å². The van der Waals surface area contributed by atoms with Crippen molar-refractivity contribution in [2.45, 2.75) is 32.0 Å². The smallest absolute Gasteiger partial charge is 0.253 e. The molecule has 1 aromatic rings. The lowest BCUT2D eigenvalue weighted by atomic mass is 10.1. The Balaban J connectivity index is 0.00000180. The van der Waals surface area contributed by atoms with Crippen LogP contribution in [0, 0.1) is 12.7 Å². The summed E-state index contributed by atoms with van der Waals surface area (Å²) in [5.74, 6) is -0.508. The molecule has 0 bridgehead atoms. The number of benzene rings is 1. The SMILES string of the molecule is Cc1cc(F)ccc1NC(=O)[C@@H]1CC[C@H](CN)O1.Cl. The van der Waals surface area contributed by atoms with Gasteiger partial charge in [0.1, 0.15) is 11.9 Å². The van der Waals surface area contributed by atoms with E-state index in [-0.39, 0.29) is 30.2 Å². The molecule has 3 N–H and O–H groups in total. The van der Waals surface area contributed by atoms with Crippen LogP contribution in [0.3, 0.4) is 0 Å². The molecular formula is C13H18ClFN2O2. The molecule has 0 spiro atoms. The molecular weight excluding hydrogens is 271 g/mol. The first-order valence-corrected chi connectivity index (χ1v) is 6.02. The van der Waals surface area contributed by atoms with Crippen molar-refractivity contribution in [2.24, 2.45) is 5.73 Å². The number of carbonyl (C=O) groups excluding carboxylic acids is 1. The van der Waals surface area contributed by atoms with Crippen molar-refractivity contribution in [2.75, 3.05) is 11.9 Å². The van der Waals surface area contributed by atoms with Crippen LogP contribution in [0.25, 0.3) is 0 Å². The zero-order valence-electron chi connectivity index (χ0n) is 10.7. The fraction of sp³-hybridized carbons (Fsp3) is 0.462. The molecule has 6 heteroatoms. The molecule has 1 saturated heterocycles. The Labute approximate surface area is 117 Å². The lowest BCUT2D eigenvalue weighted by Crippen LogP contribution is -2.30. The summed E-state index contributed by atoms with van der Waals surface area (Å²) >= 11 is 0. The lowest BCUT2D eigenvalue weighted by molar-refractivity contribution is -0.126. The summed E-state index contributed by atoms with van der Waals surface area (Å²) in [6, 6.07) is 4.26. The number of amides is 1. The second-order valence-electron chi connectivity index (χ2n) is 4.51. The van der Waals surface area contributed by atoms with Gasteiger partial charge < -0.3 is 15.8 Å². The Hall–Kier alpha value is -1.17. The first kappa shape index (κ1) is 15.9. The number of nitrogens with two attached hydrogens (primary N) is 1. The predicted octanol–water partition coefficient (Wildman–Crippen LogP) is 2.00. The van der Waals surface area contributed by atoms with E-state index in [1.807, 2.05) is 0 Å². The van der Waals surface area contributed by atoms with Crippen LogP contribution in [0.1, 0.15) is 18.4 Å². The second-order valence-corrected chi connectivity index (χ2v) is 4.51. The molecule has 0 unspecified atom stereocenters. The highest BCUT2D eigenvalue weighted by molar-refractivity contribution is 5.94. The van der Waals surface area contributed by atoms with Crippen LogP contribution in [0.5, 0.6) is 0 Å². The molecule has 2 rings (SSSR count). The average molecular weight is 289 g/mol. The summed E-state index contributed by atoms with van der Waals surface area (Å²) in [5, 5.41) is 2.75. The van der Waals surface area contributed by atoms with Gasteiger partial charge in [-0.05, 0) is 43.5 Å². The summed E-state index contributed by atoms with van der Waals surface area (Å²) in [7, 11) is 0. The van der Waals surface area contributed by atoms with Crippen molar-refractivity contribution in [3.05, 3.63) is 29.6 Å². The third-order valence-electron chi connectivity index (χ3n) is 3.11. The number of anilines is 1. The summed E-state index contributed by atoms with van der Waals surface area (Å²) in [6.45, 7) is 2.18. The van der Waals surface area contributed by atoms with E-state index in [0.717, 1.165) is 6.42 Å². The van der Waals surface area contributed by atoms with E-state index in [2.05, 4.69) is 5.32 Å². The number of hydrogen-bond acceptors (Lipinski definition) is 3. The van der Waals surface area contributed by atoms with Gasteiger partial charge in [-0.1, -0.05) is 0 Å². The minimum atomic E-state index is -0.456. The predicted molar refractivity (Wildman–Crippen MR) is 74.0 cm³/mol. The van der Waals surface area contributed by atoms with Crippen molar-refractivity contribution in [3.8, 4) is 0 Å². The van der Waals surface area contributed by atoms with Gasteiger partial charge >= 0.3 is 0 Å². The van der Waals surface area contributed by atoms with Crippen LogP contribution in [0.4, 0.5) is 10.1 Å². The molecule has 0 radical (unpaired) electrons. The normalized spacial score (nSPS) is 21.8.